The number of nitrogens with one attached hydrogen (secondary N) is 2. The predicted octanol–water partition coefficient (Wildman–Crippen LogP) is -1.52. The zero-order chi connectivity index (χ0) is 15.2. The Kier molecular flexibility index (Phi) is 5.23. The molecule has 1 aromatic heterocycles. The van der Waals surface area contributed by atoms with Gasteiger partial charge in [-0.15, -0.1) is 5.10 Å². The fourth-order valence-corrected chi connectivity index (χ4v) is 2.54. The third-order valence-corrected chi connectivity index (χ3v) is 3.68. The Morgan fingerprint density at radius 1 is 1.43 bits per heavy atom. The van der Waals surface area contributed by atoms with Crippen LogP contribution in [-0.2, 0) is 11.3 Å². The van der Waals surface area contributed by atoms with Crippen molar-refractivity contribution in [3.63, 3.8) is 0 Å². The molecule has 1 aromatic rings. The smallest absolute Gasteiger partial charge is 0.287 e. The highest BCUT2D eigenvalue weighted by molar-refractivity contribution is 5.91. The predicted molar refractivity (Wildman–Crippen MR) is 75.0 cm³/mol. The Labute approximate surface area is 122 Å². The van der Waals surface area contributed by atoms with Crippen molar-refractivity contribution in [1.29, 1.82) is 0 Å². The zero-order valence-electron chi connectivity index (χ0n) is 12.1. The molecule has 1 aliphatic heterocycles. The van der Waals surface area contributed by atoms with Crippen LogP contribution in [0.15, 0.2) is 6.20 Å². The lowest BCUT2D eigenvalue weighted by atomic mass is 10.0. The second-order valence-corrected chi connectivity index (χ2v) is 5.00. The molecule has 1 fully saturated rings. The largest absolute Gasteiger partial charge is 0.358 e. The Morgan fingerprint density at radius 2 is 2.24 bits per heavy atom. The highest BCUT2D eigenvalue weighted by Gasteiger charge is 2.27. The second-order valence-electron chi connectivity index (χ2n) is 5.00. The fraction of sp³-hybridized carbons (Fsp3) is 0.667. The Hall–Kier alpha value is -2.00. The lowest BCUT2D eigenvalue weighted by Gasteiger charge is -2.34. The molecule has 1 unspecified atom stereocenters. The van der Waals surface area contributed by atoms with Gasteiger partial charge in [0.2, 0.25) is 5.91 Å². The minimum Gasteiger partial charge on any atom is -0.358 e. The molecule has 2 heterocycles. The number of likely N-dealkylation sites (N-methyl/N-ethyl adjacent to an activating group) is 1. The van der Waals surface area contributed by atoms with Crippen molar-refractivity contribution in [2.24, 2.45) is 5.84 Å². The van der Waals surface area contributed by atoms with Crippen LogP contribution in [0.2, 0.25) is 0 Å². The Morgan fingerprint density at radius 3 is 2.95 bits per heavy atom. The number of hydrazine groups is 1. The normalized spacial score (nSPS) is 19.2. The lowest BCUT2D eigenvalue weighted by Crippen LogP contribution is -2.49. The van der Waals surface area contributed by atoms with Gasteiger partial charge in [0.1, 0.15) is 0 Å². The molecular formula is C12H21N7O2. The molecule has 21 heavy (non-hydrogen) atoms. The molecular weight excluding hydrogens is 274 g/mol. The maximum absolute atomic E-state index is 11.9. The van der Waals surface area contributed by atoms with Gasteiger partial charge in [-0.1, -0.05) is 11.6 Å². The molecule has 0 spiro atoms. The van der Waals surface area contributed by atoms with E-state index < -0.39 is 5.91 Å². The second kappa shape index (κ2) is 7.14. The molecule has 9 heteroatoms. The maximum atomic E-state index is 11.9. The molecule has 9 nitrogen and oxygen atoms in total. The van der Waals surface area contributed by atoms with Gasteiger partial charge in [-0.2, -0.15) is 0 Å². The summed E-state index contributed by atoms with van der Waals surface area (Å²) in [5.41, 5.74) is 2.19. The summed E-state index contributed by atoms with van der Waals surface area (Å²) < 4.78 is 1.58. The molecule has 0 bridgehead atoms. The molecule has 1 aliphatic rings. The minimum atomic E-state index is -0.470. The number of piperidine rings is 1. The van der Waals surface area contributed by atoms with Crippen LogP contribution in [0.25, 0.3) is 0 Å². The van der Waals surface area contributed by atoms with Crippen LogP contribution in [0.3, 0.4) is 0 Å². The summed E-state index contributed by atoms with van der Waals surface area (Å²) >= 11 is 0. The van der Waals surface area contributed by atoms with Crippen LogP contribution in [0.1, 0.15) is 29.8 Å². The summed E-state index contributed by atoms with van der Waals surface area (Å²) in [7, 11) is 1.66. The number of hydrogen-bond donors (Lipinski definition) is 3. The number of amides is 2. The fourth-order valence-electron chi connectivity index (χ4n) is 2.54. The molecule has 0 aliphatic carbocycles. The zero-order valence-corrected chi connectivity index (χ0v) is 12.1. The number of likely N-dealkylation sites (tertiary alicyclic amines) is 1. The van der Waals surface area contributed by atoms with Gasteiger partial charge in [-0.05, 0) is 19.4 Å². The number of hydrogen-bond acceptors (Lipinski definition) is 6. The first-order chi connectivity index (χ1) is 10.2. The standard InChI is InChI=1S/C12H21N7O2/c1-14-12(21)10-4-2-3-5-18(10)6-7-19-8-9(16-17-19)11(20)15-13/h8,10H,2-7,13H2,1H3,(H,14,21)(H,15,20). The van der Waals surface area contributed by atoms with Crippen LogP contribution < -0.4 is 16.6 Å². The van der Waals surface area contributed by atoms with Gasteiger partial charge in [0.05, 0.1) is 18.8 Å². The van der Waals surface area contributed by atoms with Crippen molar-refractivity contribution < 1.29 is 9.59 Å². The van der Waals surface area contributed by atoms with Crippen molar-refractivity contribution in [2.75, 3.05) is 20.1 Å². The van der Waals surface area contributed by atoms with Crippen LogP contribution in [-0.4, -0.2) is 57.9 Å². The Balaban J connectivity index is 1.92. The van der Waals surface area contributed by atoms with Gasteiger partial charge in [-0.3, -0.25) is 24.6 Å². The molecule has 2 rings (SSSR count). The Bertz CT molecular complexity index is 502. The third kappa shape index (κ3) is 3.76. The van der Waals surface area contributed by atoms with Crippen molar-refractivity contribution in [2.45, 2.75) is 31.8 Å². The van der Waals surface area contributed by atoms with Crippen LogP contribution in [0, 0.1) is 0 Å². The van der Waals surface area contributed by atoms with Crippen molar-refractivity contribution >= 4 is 11.8 Å². The number of carbonyl (C=O) groups is 2. The first-order valence-electron chi connectivity index (χ1n) is 7.02. The highest BCUT2D eigenvalue weighted by atomic mass is 16.2. The van der Waals surface area contributed by atoms with E-state index >= 15 is 0 Å². The molecule has 1 saturated heterocycles. The number of nitrogens with two attached hydrogens (primary N) is 1. The number of nitrogens with zero attached hydrogens (tertiary/aromatic N) is 4. The van der Waals surface area contributed by atoms with E-state index in [9.17, 15) is 9.59 Å². The number of aromatic nitrogens is 3. The van der Waals surface area contributed by atoms with Gasteiger partial charge in [0, 0.05) is 13.6 Å². The summed E-state index contributed by atoms with van der Waals surface area (Å²) in [6.45, 7) is 2.15. The lowest BCUT2D eigenvalue weighted by molar-refractivity contribution is -0.127. The summed E-state index contributed by atoms with van der Waals surface area (Å²) in [6, 6.07) is -0.0842. The van der Waals surface area contributed by atoms with E-state index in [4.69, 9.17) is 5.84 Å². The van der Waals surface area contributed by atoms with Gasteiger partial charge >= 0.3 is 0 Å². The van der Waals surface area contributed by atoms with Crippen molar-refractivity contribution in [3.05, 3.63) is 11.9 Å². The van der Waals surface area contributed by atoms with E-state index in [2.05, 4.69) is 20.5 Å². The average Bonchev–Trinajstić information content (AvgIpc) is 3.00. The monoisotopic (exact) mass is 295 g/mol. The first-order valence-corrected chi connectivity index (χ1v) is 7.02. The average molecular weight is 295 g/mol. The topological polar surface area (TPSA) is 118 Å². The van der Waals surface area contributed by atoms with Gasteiger partial charge in [0.15, 0.2) is 5.69 Å². The summed E-state index contributed by atoms with van der Waals surface area (Å²) in [6.07, 6.45) is 4.57. The maximum Gasteiger partial charge on any atom is 0.287 e. The molecule has 116 valence electrons. The SMILES string of the molecule is CNC(=O)C1CCCCN1CCn1cc(C(=O)NN)nn1. The van der Waals surface area contributed by atoms with Gasteiger partial charge in [0.25, 0.3) is 5.91 Å². The molecule has 4 N–H and O–H groups in total. The summed E-state index contributed by atoms with van der Waals surface area (Å²) in [5.74, 6) is 4.62. The molecule has 0 radical (unpaired) electrons. The van der Waals surface area contributed by atoms with Crippen LogP contribution >= 0.6 is 0 Å². The van der Waals surface area contributed by atoms with E-state index in [1.54, 1.807) is 17.9 Å². The van der Waals surface area contributed by atoms with E-state index in [0.717, 1.165) is 25.8 Å². The molecule has 0 saturated carbocycles. The number of carbonyl (C=O) groups excluding carboxylic acids is 2. The van der Waals surface area contributed by atoms with Crippen molar-refractivity contribution in [3.8, 4) is 0 Å². The number of rotatable bonds is 5. The highest BCUT2D eigenvalue weighted by Crippen LogP contribution is 2.16. The third-order valence-electron chi connectivity index (χ3n) is 3.68. The quantitative estimate of drug-likeness (QED) is 0.345. The van der Waals surface area contributed by atoms with Crippen LogP contribution in [0.5, 0.6) is 0 Å². The number of nitrogen functional groups attached to an aromatic ring is 1. The molecule has 1 atom stereocenters. The van der Waals surface area contributed by atoms with Crippen molar-refractivity contribution in [1.82, 2.24) is 30.6 Å². The van der Waals surface area contributed by atoms with E-state index in [0.29, 0.717) is 13.1 Å². The van der Waals surface area contributed by atoms with E-state index in [1.165, 1.54) is 0 Å². The van der Waals surface area contributed by atoms with E-state index in [-0.39, 0.29) is 17.6 Å². The first kappa shape index (κ1) is 15.4. The van der Waals surface area contributed by atoms with Gasteiger partial charge < -0.3 is 5.32 Å². The van der Waals surface area contributed by atoms with E-state index in [1.807, 2.05) is 5.43 Å². The molecule has 0 aromatic carbocycles. The minimum absolute atomic E-state index is 0.0523. The summed E-state index contributed by atoms with van der Waals surface area (Å²) in [4.78, 5) is 25.3. The van der Waals surface area contributed by atoms with Gasteiger partial charge in [-0.25, -0.2) is 5.84 Å². The summed E-state index contributed by atoms with van der Waals surface area (Å²) in [5, 5.41) is 10.3. The molecule has 2 amide bonds. The van der Waals surface area contributed by atoms with Crippen LogP contribution in [0.4, 0.5) is 0 Å².